The number of fused-ring (bicyclic) bond motifs is 2. The fourth-order valence-corrected chi connectivity index (χ4v) is 3.35. The highest BCUT2D eigenvalue weighted by molar-refractivity contribution is 5.74. The van der Waals surface area contributed by atoms with Crippen LogP contribution in [0.1, 0.15) is 26.7 Å². The lowest BCUT2D eigenvalue weighted by atomic mass is 9.87. The highest BCUT2D eigenvalue weighted by atomic mass is 15.3. The number of nitrogens with one attached hydrogen (secondary N) is 1. The lowest BCUT2D eigenvalue weighted by Gasteiger charge is -2.45. The number of nitrogens with zero attached hydrogens (tertiary/aromatic N) is 3. The second-order valence-corrected chi connectivity index (χ2v) is 6.52. The number of rotatable bonds is 2. The van der Waals surface area contributed by atoms with Crippen LogP contribution in [0.25, 0.3) is 0 Å². The molecule has 4 rings (SSSR count). The lowest BCUT2D eigenvalue weighted by molar-refractivity contribution is 0.299. The number of allylic oxidation sites excluding steroid dienone is 1. The Morgan fingerprint density at radius 3 is 2.78 bits per heavy atom. The van der Waals surface area contributed by atoms with Crippen molar-refractivity contribution >= 4 is 11.9 Å². The van der Waals surface area contributed by atoms with Gasteiger partial charge in [0.2, 0.25) is 0 Å². The zero-order valence-corrected chi connectivity index (χ0v) is 13.7. The van der Waals surface area contributed by atoms with E-state index < -0.39 is 0 Å². The van der Waals surface area contributed by atoms with Gasteiger partial charge >= 0.3 is 0 Å². The molecule has 1 aromatic carbocycles. The first-order valence-electron chi connectivity index (χ1n) is 8.23. The average molecular weight is 306 g/mol. The summed E-state index contributed by atoms with van der Waals surface area (Å²) < 4.78 is 0. The van der Waals surface area contributed by atoms with E-state index in [-0.39, 0.29) is 5.54 Å². The van der Waals surface area contributed by atoms with E-state index in [2.05, 4.69) is 76.7 Å². The molecular weight excluding hydrogens is 284 g/mol. The smallest absolute Gasteiger partial charge is 0.153 e. The van der Waals surface area contributed by atoms with Gasteiger partial charge in [0.15, 0.2) is 5.82 Å². The van der Waals surface area contributed by atoms with E-state index in [0.717, 1.165) is 25.2 Å². The third kappa shape index (κ3) is 2.39. The first-order chi connectivity index (χ1) is 11.2. The van der Waals surface area contributed by atoms with Gasteiger partial charge < -0.3 is 15.1 Å². The van der Waals surface area contributed by atoms with E-state index >= 15 is 0 Å². The molecule has 0 fully saturated rings. The van der Waals surface area contributed by atoms with Gasteiger partial charge in [0.25, 0.3) is 0 Å². The maximum absolute atomic E-state index is 4.57. The van der Waals surface area contributed by atoms with Crippen LogP contribution in [-0.2, 0) is 0 Å². The van der Waals surface area contributed by atoms with Crippen molar-refractivity contribution in [3.05, 3.63) is 66.0 Å². The van der Waals surface area contributed by atoms with E-state index in [1.165, 1.54) is 17.1 Å². The highest BCUT2D eigenvalue weighted by Crippen LogP contribution is 2.38. The molecule has 1 aromatic rings. The van der Waals surface area contributed by atoms with Crippen LogP contribution in [-0.4, -0.2) is 23.2 Å². The van der Waals surface area contributed by atoms with Crippen LogP contribution in [0.2, 0.25) is 0 Å². The molecule has 0 radical (unpaired) electrons. The van der Waals surface area contributed by atoms with Crippen molar-refractivity contribution in [3.63, 3.8) is 0 Å². The van der Waals surface area contributed by atoms with Gasteiger partial charge in [0.05, 0.1) is 11.9 Å². The van der Waals surface area contributed by atoms with Crippen molar-refractivity contribution in [2.45, 2.75) is 32.2 Å². The van der Waals surface area contributed by atoms with Crippen LogP contribution in [0.3, 0.4) is 0 Å². The molecule has 0 saturated heterocycles. The van der Waals surface area contributed by atoms with Crippen molar-refractivity contribution in [1.82, 2.24) is 10.2 Å². The Hall–Kier alpha value is -2.33. The third-order valence-corrected chi connectivity index (χ3v) is 4.99. The van der Waals surface area contributed by atoms with Crippen LogP contribution < -0.4 is 10.2 Å². The quantitative estimate of drug-likeness (QED) is 0.906. The third-order valence-electron chi connectivity index (χ3n) is 4.99. The second-order valence-electron chi connectivity index (χ2n) is 6.52. The maximum atomic E-state index is 4.57. The molecule has 23 heavy (non-hydrogen) atoms. The Balaban J connectivity index is 1.81. The normalized spacial score (nSPS) is 26.1. The van der Waals surface area contributed by atoms with Gasteiger partial charge in [-0.1, -0.05) is 25.1 Å². The standard InChI is InChI=1S/C19H22N4/c1-3-19(2)12-16-17(13-21-19)23(15-8-5-4-6-9-15)14-18-20-10-7-11-22(16)18/h4-11,14,21H,3,12-13H2,1-2H3. The summed E-state index contributed by atoms with van der Waals surface area (Å²) in [6, 6.07) is 10.5. The van der Waals surface area contributed by atoms with Crippen LogP contribution >= 0.6 is 0 Å². The summed E-state index contributed by atoms with van der Waals surface area (Å²) in [6.07, 6.45) is 10.2. The Kier molecular flexibility index (Phi) is 3.34. The number of anilines is 1. The van der Waals surface area contributed by atoms with E-state index in [4.69, 9.17) is 0 Å². The van der Waals surface area contributed by atoms with Gasteiger partial charge in [0.1, 0.15) is 0 Å². The van der Waals surface area contributed by atoms with Gasteiger partial charge in [-0.3, -0.25) is 0 Å². The summed E-state index contributed by atoms with van der Waals surface area (Å²) in [4.78, 5) is 9.09. The molecule has 1 N–H and O–H groups in total. The molecule has 1 unspecified atom stereocenters. The number of benzene rings is 1. The topological polar surface area (TPSA) is 30.9 Å². The molecule has 0 aliphatic carbocycles. The van der Waals surface area contributed by atoms with Crippen molar-refractivity contribution < 1.29 is 0 Å². The lowest BCUT2D eigenvalue weighted by Crippen LogP contribution is -2.51. The van der Waals surface area contributed by atoms with Crippen molar-refractivity contribution in [1.29, 1.82) is 0 Å². The molecular formula is C19H22N4. The molecule has 0 spiro atoms. The van der Waals surface area contributed by atoms with Gasteiger partial charge in [0, 0.05) is 42.3 Å². The van der Waals surface area contributed by atoms with Gasteiger partial charge in [-0.2, -0.15) is 0 Å². The maximum Gasteiger partial charge on any atom is 0.153 e. The summed E-state index contributed by atoms with van der Waals surface area (Å²) in [7, 11) is 0. The largest absolute Gasteiger partial charge is 0.314 e. The summed E-state index contributed by atoms with van der Waals surface area (Å²) >= 11 is 0. The molecule has 3 aliphatic rings. The molecule has 3 aliphatic heterocycles. The zero-order valence-electron chi connectivity index (χ0n) is 13.7. The van der Waals surface area contributed by atoms with Crippen LogP contribution in [0, 0.1) is 0 Å². The molecule has 0 aromatic heterocycles. The highest BCUT2D eigenvalue weighted by Gasteiger charge is 2.36. The molecule has 0 amide bonds. The van der Waals surface area contributed by atoms with Crippen molar-refractivity contribution in [2.24, 2.45) is 4.99 Å². The Labute approximate surface area is 137 Å². The number of para-hydroxylation sites is 1. The van der Waals surface area contributed by atoms with Gasteiger partial charge in [-0.25, -0.2) is 4.99 Å². The van der Waals surface area contributed by atoms with Crippen LogP contribution in [0.5, 0.6) is 0 Å². The minimum Gasteiger partial charge on any atom is -0.314 e. The van der Waals surface area contributed by atoms with Crippen LogP contribution in [0.4, 0.5) is 5.69 Å². The first kappa shape index (κ1) is 14.3. The van der Waals surface area contributed by atoms with Crippen molar-refractivity contribution in [2.75, 3.05) is 11.4 Å². The molecule has 1 atom stereocenters. The van der Waals surface area contributed by atoms with E-state index in [1.54, 1.807) is 0 Å². The fraction of sp³-hybridized carbons (Fsp3) is 0.316. The Morgan fingerprint density at radius 1 is 1.17 bits per heavy atom. The summed E-state index contributed by atoms with van der Waals surface area (Å²) in [6.45, 7) is 5.42. The minimum atomic E-state index is 0.138. The van der Waals surface area contributed by atoms with E-state index in [0.29, 0.717) is 0 Å². The number of hydrogen-bond donors (Lipinski definition) is 1. The zero-order chi connectivity index (χ0) is 15.9. The first-order valence-corrected chi connectivity index (χ1v) is 8.23. The molecule has 4 nitrogen and oxygen atoms in total. The monoisotopic (exact) mass is 306 g/mol. The van der Waals surface area contributed by atoms with Gasteiger partial charge in [-0.15, -0.1) is 0 Å². The van der Waals surface area contributed by atoms with E-state index in [1.807, 2.05) is 12.3 Å². The van der Waals surface area contributed by atoms with Crippen molar-refractivity contribution in [3.8, 4) is 0 Å². The molecule has 3 heterocycles. The average Bonchev–Trinajstić information content (AvgIpc) is 2.62. The Morgan fingerprint density at radius 2 is 2.00 bits per heavy atom. The van der Waals surface area contributed by atoms with E-state index in [9.17, 15) is 0 Å². The second kappa shape index (κ2) is 5.39. The van der Waals surface area contributed by atoms with Gasteiger partial charge in [-0.05, 0) is 31.6 Å². The summed E-state index contributed by atoms with van der Waals surface area (Å²) in [5.41, 5.74) is 3.98. The molecule has 118 valence electrons. The van der Waals surface area contributed by atoms with Crippen LogP contribution in [0.15, 0.2) is 71.0 Å². The molecule has 4 heteroatoms. The molecule has 0 bridgehead atoms. The summed E-state index contributed by atoms with van der Waals surface area (Å²) in [5.74, 6) is 0.982. The number of aliphatic imine (C=N–C) groups is 1. The SMILES string of the molecule is CCC1(C)CC2=C(CN1)N(c1ccccc1)C=C1N=CC=CN12. The predicted molar refractivity (Wildman–Crippen MR) is 94.8 cm³/mol. The fourth-order valence-electron chi connectivity index (χ4n) is 3.35. The number of hydrogen-bond acceptors (Lipinski definition) is 4. The minimum absolute atomic E-state index is 0.138. The summed E-state index contributed by atoms with van der Waals surface area (Å²) in [5, 5.41) is 3.72. The molecule has 0 saturated carbocycles. The Bertz CT molecular complexity index is 729. The predicted octanol–water partition coefficient (Wildman–Crippen LogP) is 3.58.